The smallest absolute Gasteiger partial charge is 0.0709 e. The van der Waals surface area contributed by atoms with Crippen molar-refractivity contribution in [3.05, 3.63) is 0 Å². The van der Waals surface area contributed by atoms with Crippen LogP contribution in [0.2, 0.25) is 0 Å². The highest BCUT2D eigenvalue weighted by atomic mass is 16.3. The predicted octanol–water partition coefficient (Wildman–Crippen LogP) is -0.768. The quantitative estimate of drug-likeness (QED) is 0.417. The maximum atomic E-state index is 9.34. The lowest BCUT2D eigenvalue weighted by atomic mass is 10.0. The van der Waals surface area contributed by atoms with E-state index in [0.29, 0.717) is 6.04 Å². The molecular formula is C7H13NO2. The zero-order valence-corrected chi connectivity index (χ0v) is 5.83. The number of rotatable bonds is 0. The van der Waals surface area contributed by atoms with Crippen LogP contribution in [0, 0.1) is 0 Å². The van der Waals surface area contributed by atoms with Gasteiger partial charge in [0.05, 0.1) is 12.2 Å². The molecule has 0 aliphatic carbocycles. The molecule has 0 unspecified atom stereocenters. The van der Waals surface area contributed by atoms with E-state index in [1.54, 1.807) is 0 Å². The highest BCUT2D eigenvalue weighted by Crippen LogP contribution is 2.26. The second kappa shape index (κ2) is 2.19. The molecule has 3 nitrogen and oxygen atoms in total. The summed E-state index contributed by atoms with van der Waals surface area (Å²) in [6.45, 7) is 0. The van der Waals surface area contributed by atoms with E-state index in [2.05, 4.69) is 5.32 Å². The molecule has 10 heavy (non-hydrogen) atoms. The molecule has 2 saturated heterocycles. The first-order chi connectivity index (χ1) is 4.75. The number of nitrogens with one attached hydrogen (secondary N) is 1. The van der Waals surface area contributed by atoms with Crippen LogP contribution >= 0.6 is 0 Å². The van der Waals surface area contributed by atoms with Crippen LogP contribution in [0.5, 0.6) is 0 Å². The van der Waals surface area contributed by atoms with Gasteiger partial charge in [-0.2, -0.15) is 0 Å². The van der Waals surface area contributed by atoms with Gasteiger partial charge in [0.25, 0.3) is 0 Å². The topological polar surface area (TPSA) is 52.5 Å². The molecule has 0 spiro atoms. The fraction of sp³-hybridized carbons (Fsp3) is 1.00. The third-order valence-corrected chi connectivity index (χ3v) is 2.52. The Morgan fingerprint density at radius 1 is 1.10 bits per heavy atom. The first kappa shape index (κ1) is 6.58. The van der Waals surface area contributed by atoms with Crippen molar-refractivity contribution in [1.82, 2.24) is 5.32 Å². The molecular weight excluding hydrogens is 130 g/mol. The Balaban J connectivity index is 2.06. The van der Waals surface area contributed by atoms with E-state index in [9.17, 15) is 10.2 Å². The summed E-state index contributed by atoms with van der Waals surface area (Å²) in [5.41, 5.74) is 0. The van der Waals surface area contributed by atoms with Crippen molar-refractivity contribution < 1.29 is 10.2 Å². The minimum absolute atomic E-state index is 0.161. The van der Waals surface area contributed by atoms with Gasteiger partial charge >= 0.3 is 0 Å². The molecule has 3 heteroatoms. The Morgan fingerprint density at radius 2 is 1.90 bits per heavy atom. The largest absolute Gasteiger partial charge is 0.393 e. The van der Waals surface area contributed by atoms with Crippen molar-refractivity contribution in [1.29, 1.82) is 0 Å². The lowest BCUT2D eigenvalue weighted by Crippen LogP contribution is -2.42. The molecule has 3 N–H and O–H groups in total. The molecule has 4 atom stereocenters. The van der Waals surface area contributed by atoms with Crippen LogP contribution in [0.15, 0.2) is 0 Å². The molecule has 0 aromatic carbocycles. The first-order valence-corrected chi connectivity index (χ1v) is 3.88. The molecule has 0 aromatic heterocycles. The van der Waals surface area contributed by atoms with Gasteiger partial charge < -0.3 is 15.5 Å². The molecule has 0 aromatic rings. The maximum absolute atomic E-state index is 9.34. The van der Waals surface area contributed by atoms with E-state index < -0.39 is 0 Å². The second-order valence-electron chi connectivity index (χ2n) is 3.40. The van der Waals surface area contributed by atoms with Gasteiger partial charge in [-0.05, 0) is 19.3 Å². The highest BCUT2D eigenvalue weighted by molar-refractivity contribution is 4.97. The molecule has 2 bridgehead atoms. The summed E-state index contributed by atoms with van der Waals surface area (Å²) < 4.78 is 0. The SMILES string of the molecule is O[C@@H]1C[C@@H]2C[C@@H](O)[C@H](C1)N2. The summed E-state index contributed by atoms with van der Waals surface area (Å²) in [5, 5.41) is 21.9. The Kier molecular flexibility index (Phi) is 1.44. The predicted molar refractivity (Wildman–Crippen MR) is 36.6 cm³/mol. The Labute approximate surface area is 60.1 Å². The van der Waals surface area contributed by atoms with Gasteiger partial charge in [0.15, 0.2) is 0 Å². The minimum atomic E-state index is -0.220. The van der Waals surface area contributed by atoms with Crippen LogP contribution in [0.4, 0.5) is 0 Å². The summed E-state index contributed by atoms with van der Waals surface area (Å²) in [6.07, 6.45) is 1.95. The van der Waals surface area contributed by atoms with E-state index in [1.165, 1.54) is 0 Å². The molecule has 2 fully saturated rings. The maximum Gasteiger partial charge on any atom is 0.0709 e. The van der Waals surface area contributed by atoms with Crippen molar-refractivity contribution in [2.75, 3.05) is 0 Å². The zero-order chi connectivity index (χ0) is 7.14. The molecule has 2 rings (SSSR count). The van der Waals surface area contributed by atoms with Crippen molar-refractivity contribution in [3.63, 3.8) is 0 Å². The number of piperidine rings is 1. The summed E-state index contributed by atoms with van der Waals surface area (Å²) in [6, 6.07) is 0.525. The fourth-order valence-corrected chi connectivity index (χ4v) is 2.04. The molecule has 2 aliphatic rings. The number of aliphatic hydroxyl groups excluding tert-OH is 2. The minimum Gasteiger partial charge on any atom is -0.393 e. The van der Waals surface area contributed by atoms with Gasteiger partial charge in [-0.15, -0.1) is 0 Å². The lowest BCUT2D eigenvalue weighted by molar-refractivity contribution is 0.0918. The summed E-state index contributed by atoms with van der Waals surface area (Å²) in [7, 11) is 0. The van der Waals surface area contributed by atoms with Gasteiger partial charge in [0.1, 0.15) is 0 Å². The van der Waals surface area contributed by atoms with E-state index in [0.717, 1.165) is 19.3 Å². The number of hydrogen-bond donors (Lipinski definition) is 3. The van der Waals surface area contributed by atoms with E-state index >= 15 is 0 Å². The second-order valence-corrected chi connectivity index (χ2v) is 3.40. The average Bonchev–Trinajstić information content (AvgIpc) is 2.07. The van der Waals surface area contributed by atoms with Gasteiger partial charge in [-0.3, -0.25) is 0 Å². The molecule has 0 saturated carbocycles. The molecule has 2 aliphatic heterocycles. The van der Waals surface area contributed by atoms with Crippen molar-refractivity contribution in [2.45, 2.75) is 43.6 Å². The van der Waals surface area contributed by atoms with Gasteiger partial charge in [0.2, 0.25) is 0 Å². The third-order valence-electron chi connectivity index (χ3n) is 2.52. The highest BCUT2D eigenvalue weighted by Gasteiger charge is 2.38. The Morgan fingerprint density at radius 3 is 2.60 bits per heavy atom. The van der Waals surface area contributed by atoms with E-state index in [-0.39, 0.29) is 18.2 Å². The molecule has 0 radical (unpaired) electrons. The van der Waals surface area contributed by atoms with Crippen LogP contribution in [-0.2, 0) is 0 Å². The van der Waals surface area contributed by atoms with Crippen LogP contribution in [0.25, 0.3) is 0 Å². The van der Waals surface area contributed by atoms with Crippen LogP contribution < -0.4 is 5.32 Å². The summed E-state index contributed by atoms with van der Waals surface area (Å²) in [5.74, 6) is 0. The number of aliphatic hydroxyl groups is 2. The van der Waals surface area contributed by atoms with Gasteiger partial charge in [-0.25, -0.2) is 0 Å². The fourth-order valence-electron chi connectivity index (χ4n) is 2.04. The van der Waals surface area contributed by atoms with Gasteiger partial charge in [-0.1, -0.05) is 0 Å². The van der Waals surface area contributed by atoms with Crippen LogP contribution in [0.3, 0.4) is 0 Å². The van der Waals surface area contributed by atoms with Crippen molar-refractivity contribution in [2.24, 2.45) is 0 Å². The lowest BCUT2D eigenvalue weighted by Gasteiger charge is -2.25. The Hall–Kier alpha value is -0.120. The van der Waals surface area contributed by atoms with Crippen LogP contribution in [-0.4, -0.2) is 34.5 Å². The van der Waals surface area contributed by atoms with Gasteiger partial charge in [0, 0.05) is 12.1 Å². The normalized spacial score (nSPS) is 53.4. The van der Waals surface area contributed by atoms with E-state index in [1.807, 2.05) is 0 Å². The standard InChI is InChI=1S/C7H13NO2/c9-5-1-4-2-7(10)6(3-5)8-4/h4-10H,1-3H2/t4-,5-,6+,7-/m1/s1. The zero-order valence-electron chi connectivity index (χ0n) is 5.83. The summed E-state index contributed by atoms with van der Waals surface area (Å²) in [4.78, 5) is 0. The van der Waals surface area contributed by atoms with Crippen molar-refractivity contribution in [3.8, 4) is 0 Å². The molecule has 0 amide bonds. The monoisotopic (exact) mass is 143 g/mol. The van der Waals surface area contributed by atoms with Crippen LogP contribution in [0.1, 0.15) is 19.3 Å². The third kappa shape index (κ3) is 0.944. The van der Waals surface area contributed by atoms with E-state index in [4.69, 9.17) is 0 Å². The summed E-state index contributed by atoms with van der Waals surface area (Å²) >= 11 is 0. The number of hydrogen-bond acceptors (Lipinski definition) is 3. The Bertz CT molecular complexity index is 135. The van der Waals surface area contributed by atoms with Crippen molar-refractivity contribution >= 4 is 0 Å². The first-order valence-electron chi connectivity index (χ1n) is 3.88. The average molecular weight is 143 g/mol. The number of fused-ring (bicyclic) bond motifs is 2. The molecule has 58 valence electrons. The molecule has 2 heterocycles.